The van der Waals surface area contributed by atoms with Gasteiger partial charge in [-0.1, -0.05) is 13.8 Å². The van der Waals surface area contributed by atoms with Crippen LogP contribution in [0.1, 0.15) is 13.8 Å². The molecule has 0 spiro atoms. The number of benzene rings is 2. The number of hydrogen-bond donors (Lipinski definition) is 1. The molecule has 0 amide bonds. The average molecular weight is 447 g/mol. The van der Waals surface area contributed by atoms with Gasteiger partial charge in [0, 0.05) is 61.0 Å². The Labute approximate surface area is 194 Å². The van der Waals surface area contributed by atoms with Gasteiger partial charge < -0.3 is 20.1 Å². The summed E-state index contributed by atoms with van der Waals surface area (Å²) in [6, 6.07) is 11.8. The van der Waals surface area contributed by atoms with Crippen LogP contribution in [0.4, 0.5) is 11.4 Å². The first-order valence-corrected chi connectivity index (χ1v) is 11.0. The molecule has 0 bridgehead atoms. The summed E-state index contributed by atoms with van der Waals surface area (Å²) in [6.07, 6.45) is 5.65. The minimum atomic E-state index is 0.484. The van der Waals surface area contributed by atoms with Gasteiger partial charge in [0.1, 0.15) is 11.5 Å². The summed E-state index contributed by atoms with van der Waals surface area (Å²) < 4.78 is 12.9. The van der Waals surface area contributed by atoms with E-state index in [0.29, 0.717) is 30.5 Å². The van der Waals surface area contributed by atoms with Gasteiger partial charge in [0.2, 0.25) is 0 Å². The summed E-state index contributed by atoms with van der Waals surface area (Å²) in [5, 5.41) is 4.46. The molecule has 0 aliphatic carbocycles. The summed E-state index contributed by atoms with van der Waals surface area (Å²) in [5.74, 6) is 1.95. The Bertz CT molecular complexity index is 1210. The Morgan fingerprint density at radius 2 is 1.73 bits per heavy atom. The molecule has 2 aromatic carbocycles. The summed E-state index contributed by atoms with van der Waals surface area (Å²) in [6.45, 7) is 6.31. The van der Waals surface area contributed by atoms with Crippen LogP contribution in [0, 0.1) is 5.92 Å². The Kier molecular flexibility index (Phi) is 6.74. The van der Waals surface area contributed by atoms with Gasteiger partial charge >= 0.3 is 0 Å². The van der Waals surface area contributed by atoms with Gasteiger partial charge in [0.15, 0.2) is 0 Å². The fourth-order valence-electron chi connectivity index (χ4n) is 3.76. The molecule has 0 aliphatic heterocycles. The maximum atomic E-state index is 5.95. The molecule has 8 heteroatoms. The summed E-state index contributed by atoms with van der Waals surface area (Å²) >= 11 is 0. The number of nitrogens with two attached hydrogens (primary N) is 1. The highest BCUT2D eigenvalue weighted by molar-refractivity contribution is 5.82. The maximum Gasteiger partial charge on any atom is 0.124 e. The zero-order valence-electron chi connectivity index (χ0n) is 19.5. The molecule has 2 aromatic heterocycles. The van der Waals surface area contributed by atoms with Crippen LogP contribution in [0.25, 0.3) is 22.3 Å². The van der Waals surface area contributed by atoms with Gasteiger partial charge in [-0.25, -0.2) is 4.98 Å². The van der Waals surface area contributed by atoms with Crippen LogP contribution in [-0.2, 0) is 6.54 Å². The van der Waals surface area contributed by atoms with Crippen LogP contribution in [0.2, 0.25) is 0 Å². The van der Waals surface area contributed by atoms with Crippen molar-refractivity contribution in [3.8, 4) is 22.8 Å². The van der Waals surface area contributed by atoms with Crippen molar-refractivity contribution in [1.29, 1.82) is 0 Å². The van der Waals surface area contributed by atoms with Crippen molar-refractivity contribution in [2.24, 2.45) is 11.7 Å². The average Bonchev–Trinajstić information content (AvgIpc) is 3.29. The minimum absolute atomic E-state index is 0.484. The number of rotatable bonds is 9. The zero-order valence-corrected chi connectivity index (χ0v) is 19.5. The van der Waals surface area contributed by atoms with E-state index in [4.69, 9.17) is 20.2 Å². The second-order valence-corrected chi connectivity index (χ2v) is 8.28. The third-order valence-electron chi connectivity index (χ3n) is 5.32. The first kappa shape index (κ1) is 22.5. The third kappa shape index (κ3) is 5.06. The van der Waals surface area contributed by atoms with E-state index in [1.54, 1.807) is 20.4 Å². The van der Waals surface area contributed by atoms with Crippen LogP contribution in [0.3, 0.4) is 0 Å². The molecular weight excluding hydrogens is 416 g/mol. The van der Waals surface area contributed by atoms with Crippen molar-refractivity contribution in [3.05, 3.63) is 55.0 Å². The fourth-order valence-corrected chi connectivity index (χ4v) is 3.76. The van der Waals surface area contributed by atoms with E-state index in [9.17, 15) is 0 Å². The molecule has 0 saturated heterocycles. The number of aromatic nitrogens is 4. The second kappa shape index (κ2) is 9.87. The standard InChI is InChI=1S/C25H30N6O2/c1-17(2)15-30-16-18(13-28-30)25-14-27-23-6-5-19(11-24(23)29-25)31(8-7-26)20-9-21(32-3)12-22(10-20)33-4/h5-6,9-14,16-17H,7-8,15,26H2,1-4H3. The molecule has 0 fully saturated rings. The van der Waals surface area contributed by atoms with Crippen LogP contribution >= 0.6 is 0 Å². The number of ether oxygens (including phenoxy) is 2. The molecule has 4 rings (SSSR count). The molecule has 2 N–H and O–H groups in total. The largest absolute Gasteiger partial charge is 0.497 e. The minimum Gasteiger partial charge on any atom is -0.497 e. The lowest BCUT2D eigenvalue weighted by molar-refractivity contribution is 0.394. The van der Waals surface area contributed by atoms with Gasteiger partial charge in [-0.2, -0.15) is 5.10 Å². The van der Waals surface area contributed by atoms with Gasteiger partial charge in [-0.15, -0.1) is 0 Å². The number of anilines is 2. The zero-order chi connectivity index (χ0) is 23.4. The van der Waals surface area contributed by atoms with E-state index < -0.39 is 0 Å². The number of nitrogens with zero attached hydrogens (tertiary/aromatic N) is 5. The lowest BCUT2D eigenvalue weighted by atomic mass is 10.2. The van der Waals surface area contributed by atoms with Crippen molar-refractivity contribution in [2.45, 2.75) is 20.4 Å². The quantitative estimate of drug-likeness (QED) is 0.411. The molecule has 172 valence electrons. The van der Waals surface area contributed by atoms with Gasteiger partial charge in [-0.05, 0) is 24.1 Å². The van der Waals surface area contributed by atoms with Gasteiger partial charge in [0.05, 0.1) is 43.3 Å². The molecular formula is C25H30N6O2. The lowest BCUT2D eigenvalue weighted by Gasteiger charge is -2.25. The van der Waals surface area contributed by atoms with Gasteiger partial charge in [0.25, 0.3) is 0 Å². The first-order valence-electron chi connectivity index (χ1n) is 11.0. The van der Waals surface area contributed by atoms with Crippen LogP contribution in [0.15, 0.2) is 55.0 Å². The number of hydrogen-bond acceptors (Lipinski definition) is 7. The molecule has 4 aromatic rings. The molecule has 33 heavy (non-hydrogen) atoms. The van der Waals surface area contributed by atoms with Crippen LogP contribution in [0.5, 0.6) is 11.5 Å². The van der Waals surface area contributed by atoms with Crippen molar-refractivity contribution in [3.63, 3.8) is 0 Å². The lowest BCUT2D eigenvalue weighted by Crippen LogP contribution is -2.24. The van der Waals surface area contributed by atoms with E-state index >= 15 is 0 Å². The van der Waals surface area contributed by atoms with E-state index in [0.717, 1.165) is 40.2 Å². The fraction of sp³-hybridized carbons (Fsp3) is 0.320. The number of methoxy groups -OCH3 is 2. The molecule has 0 unspecified atom stereocenters. The topological polar surface area (TPSA) is 91.3 Å². The van der Waals surface area contributed by atoms with Gasteiger partial charge in [-0.3, -0.25) is 9.67 Å². The third-order valence-corrected chi connectivity index (χ3v) is 5.32. The Hall–Kier alpha value is -3.65. The van der Waals surface area contributed by atoms with Crippen molar-refractivity contribution in [1.82, 2.24) is 19.7 Å². The highest BCUT2D eigenvalue weighted by Gasteiger charge is 2.14. The number of fused-ring (bicyclic) bond motifs is 1. The van der Waals surface area contributed by atoms with Crippen LogP contribution < -0.4 is 20.1 Å². The van der Waals surface area contributed by atoms with Crippen molar-refractivity contribution < 1.29 is 9.47 Å². The monoisotopic (exact) mass is 446 g/mol. The highest BCUT2D eigenvalue weighted by Crippen LogP contribution is 2.33. The molecule has 8 nitrogen and oxygen atoms in total. The first-order chi connectivity index (χ1) is 16.0. The van der Waals surface area contributed by atoms with Crippen molar-refractivity contribution in [2.75, 3.05) is 32.2 Å². The molecule has 0 atom stereocenters. The Morgan fingerprint density at radius 3 is 2.39 bits per heavy atom. The van der Waals surface area contributed by atoms with E-state index in [2.05, 4.69) is 28.8 Å². The van der Waals surface area contributed by atoms with E-state index in [1.807, 2.05) is 53.5 Å². The molecule has 0 aliphatic rings. The highest BCUT2D eigenvalue weighted by atomic mass is 16.5. The normalized spacial score (nSPS) is 11.2. The van der Waals surface area contributed by atoms with Crippen LogP contribution in [-0.4, -0.2) is 47.1 Å². The second-order valence-electron chi connectivity index (χ2n) is 8.28. The predicted molar refractivity (Wildman–Crippen MR) is 131 cm³/mol. The summed E-state index contributed by atoms with van der Waals surface area (Å²) in [7, 11) is 3.28. The molecule has 0 saturated carbocycles. The van der Waals surface area contributed by atoms with E-state index in [1.165, 1.54) is 0 Å². The summed E-state index contributed by atoms with van der Waals surface area (Å²) in [5.41, 5.74) is 11.2. The van der Waals surface area contributed by atoms with Crippen molar-refractivity contribution >= 4 is 22.4 Å². The van der Waals surface area contributed by atoms with E-state index in [-0.39, 0.29) is 0 Å². The molecule has 2 heterocycles. The molecule has 0 radical (unpaired) electrons. The maximum absolute atomic E-state index is 5.95. The predicted octanol–water partition coefficient (Wildman–Crippen LogP) is 4.26. The Balaban J connectivity index is 1.72. The smallest absolute Gasteiger partial charge is 0.124 e. The SMILES string of the molecule is COc1cc(OC)cc(N(CCN)c2ccc3ncc(-c4cnn(CC(C)C)c4)nc3c2)c1. The Morgan fingerprint density at radius 1 is 0.970 bits per heavy atom. The summed E-state index contributed by atoms with van der Waals surface area (Å²) in [4.78, 5) is 11.6.